The van der Waals surface area contributed by atoms with Gasteiger partial charge in [0.2, 0.25) is 0 Å². The van der Waals surface area contributed by atoms with E-state index in [2.05, 4.69) is 20.8 Å². The number of nitro groups is 1. The normalized spacial score (nSPS) is 25.1. The Kier molecular flexibility index (Phi) is 3.88. The van der Waals surface area contributed by atoms with Crippen molar-refractivity contribution >= 4 is 11.4 Å². The van der Waals surface area contributed by atoms with Gasteiger partial charge in [-0.1, -0.05) is 20.8 Å². The molecule has 0 bridgehead atoms. The summed E-state index contributed by atoms with van der Waals surface area (Å²) >= 11 is 0. The average Bonchev–Trinajstić information content (AvgIpc) is 2.28. The van der Waals surface area contributed by atoms with E-state index in [0.29, 0.717) is 17.4 Å². The second-order valence-corrected chi connectivity index (χ2v) is 6.63. The summed E-state index contributed by atoms with van der Waals surface area (Å²) in [6, 6.07) is 4.38. The van der Waals surface area contributed by atoms with E-state index in [0.717, 1.165) is 12.8 Å². The molecular weight excluding hydrogens is 256 g/mol. The number of nitrogen functional groups attached to an aromatic ring is 1. The van der Waals surface area contributed by atoms with E-state index in [1.807, 2.05) is 0 Å². The predicted octanol–water partition coefficient (Wildman–Crippen LogP) is 3.77. The van der Waals surface area contributed by atoms with E-state index < -0.39 is 4.92 Å². The number of nitro benzene ring substituents is 1. The summed E-state index contributed by atoms with van der Waals surface area (Å²) in [4.78, 5) is 10.2. The number of non-ortho nitro benzene ring substituents is 1. The highest BCUT2D eigenvalue weighted by atomic mass is 16.6. The van der Waals surface area contributed by atoms with Crippen LogP contribution in [0.5, 0.6) is 5.75 Å². The van der Waals surface area contributed by atoms with Gasteiger partial charge in [0.15, 0.2) is 0 Å². The first-order valence-corrected chi connectivity index (χ1v) is 6.97. The highest BCUT2D eigenvalue weighted by molar-refractivity contribution is 5.58. The molecule has 1 aromatic carbocycles. The molecule has 0 aliphatic heterocycles. The first kappa shape index (κ1) is 14.6. The van der Waals surface area contributed by atoms with E-state index in [1.165, 1.54) is 18.6 Å². The second kappa shape index (κ2) is 5.31. The molecule has 1 aliphatic carbocycles. The molecule has 0 amide bonds. The maximum Gasteiger partial charge on any atom is 0.271 e. The number of benzene rings is 1. The Hall–Kier alpha value is -1.78. The fraction of sp³-hybridized carbons (Fsp3) is 0.600. The fourth-order valence-corrected chi connectivity index (χ4v) is 3.28. The minimum absolute atomic E-state index is 0.00723. The second-order valence-electron chi connectivity index (χ2n) is 6.63. The highest BCUT2D eigenvalue weighted by Crippen LogP contribution is 2.40. The zero-order valence-electron chi connectivity index (χ0n) is 12.3. The lowest BCUT2D eigenvalue weighted by Gasteiger charge is -2.38. The molecule has 0 heterocycles. The molecule has 2 unspecified atom stereocenters. The van der Waals surface area contributed by atoms with E-state index in [-0.39, 0.29) is 17.2 Å². The van der Waals surface area contributed by atoms with E-state index in [4.69, 9.17) is 10.5 Å². The van der Waals surface area contributed by atoms with Crippen molar-refractivity contribution < 1.29 is 9.66 Å². The van der Waals surface area contributed by atoms with Crippen LogP contribution < -0.4 is 10.5 Å². The Bertz CT molecular complexity index is 514. The summed E-state index contributed by atoms with van der Waals surface area (Å²) < 4.78 is 5.98. The Morgan fingerprint density at radius 1 is 1.40 bits per heavy atom. The molecule has 5 heteroatoms. The van der Waals surface area contributed by atoms with Crippen LogP contribution in [0.2, 0.25) is 0 Å². The van der Waals surface area contributed by atoms with Crippen molar-refractivity contribution in [3.63, 3.8) is 0 Å². The van der Waals surface area contributed by atoms with Crippen LogP contribution >= 0.6 is 0 Å². The summed E-state index contributed by atoms with van der Waals surface area (Å²) in [5.74, 6) is 1.16. The van der Waals surface area contributed by atoms with Crippen LogP contribution in [0, 0.1) is 21.4 Å². The van der Waals surface area contributed by atoms with Gasteiger partial charge in [0.1, 0.15) is 5.75 Å². The Labute approximate surface area is 119 Å². The molecule has 1 saturated carbocycles. The lowest BCUT2D eigenvalue weighted by atomic mass is 9.71. The predicted molar refractivity (Wildman–Crippen MR) is 78.7 cm³/mol. The van der Waals surface area contributed by atoms with Crippen LogP contribution in [-0.4, -0.2) is 11.0 Å². The minimum Gasteiger partial charge on any atom is -0.488 e. The average molecular weight is 278 g/mol. The van der Waals surface area contributed by atoms with Crippen molar-refractivity contribution in [1.82, 2.24) is 0 Å². The van der Waals surface area contributed by atoms with Crippen LogP contribution in [0.3, 0.4) is 0 Å². The number of hydrogen-bond donors (Lipinski definition) is 1. The molecule has 1 aromatic rings. The van der Waals surface area contributed by atoms with Crippen molar-refractivity contribution in [2.45, 2.75) is 46.1 Å². The number of nitrogens with two attached hydrogens (primary N) is 1. The molecular formula is C15H22N2O3. The minimum atomic E-state index is -0.452. The molecule has 1 fully saturated rings. The summed E-state index contributed by atoms with van der Waals surface area (Å²) in [6.45, 7) is 6.73. The third-order valence-electron chi connectivity index (χ3n) is 3.84. The van der Waals surface area contributed by atoms with Gasteiger partial charge in [-0.3, -0.25) is 10.1 Å². The molecule has 110 valence electrons. The van der Waals surface area contributed by atoms with E-state index >= 15 is 0 Å². The van der Waals surface area contributed by atoms with Crippen molar-refractivity contribution in [3.05, 3.63) is 28.3 Å². The van der Waals surface area contributed by atoms with E-state index in [1.54, 1.807) is 6.07 Å². The largest absolute Gasteiger partial charge is 0.488 e. The van der Waals surface area contributed by atoms with Gasteiger partial charge in [-0.2, -0.15) is 0 Å². The maximum atomic E-state index is 10.7. The fourth-order valence-electron chi connectivity index (χ4n) is 3.28. The summed E-state index contributed by atoms with van der Waals surface area (Å²) in [5.41, 5.74) is 6.43. The van der Waals surface area contributed by atoms with Gasteiger partial charge < -0.3 is 10.5 Å². The first-order chi connectivity index (χ1) is 9.27. The number of hydrogen-bond acceptors (Lipinski definition) is 4. The highest BCUT2D eigenvalue weighted by Gasteiger charge is 2.33. The van der Waals surface area contributed by atoms with Gasteiger partial charge >= 0.3 is 0 Å². The Morgan fingerprint density at radius 2 is 2.10 bits per heavy atom. The zero-order valence-corrected chi connectivity index (χ0v) is 12.3. The Morgan fingerprint density at radius 3 is 2.65 bits per heavy atom. The lowest BCUT2D eigenvalue weighted by Crippen LogP contribution is -2.34. The van der Waals surface area contributed by atoms with Crippen molar-refractivity contribution in [1.29, 1.82) is 0 Å². The molecule has 2 atom stereocenters. The van der Waals surface area contributed by atoms with Gasteiger partial charge in [-0.25, -0.2) is 0 Å². The Balaban J connectivity index is 2.12. The summed E-state index contributed by atoms with van der Waals surface area (Å²) in [6.07, 6.45) is 3.30. The van der Waals surface area contributed by atoms with Gasteiger partial charge in [0, 0.05) is 12.1 Å². The van der Waals surface area contributed by atoms with Crippen molar-refractivity contribution in [3.8, 4) is 5.75 Å². The molecule has 1 aliphatic rings. The van der Waals surface area contributed by atoms with Crippen LogP contribution in [0.4, 0.5) is 11.4 Å². The molecule has 0 saturated heterocycles. The molecule has 20 heavy (non-hydrogen) atoms. The number of nitrogens with zero attached hydrogens (tertiary/aromatic N) is 1. The maximum absolute atomic E-state index is 10.7. The topological polar surface area (TPSA) is 78.4 Å². The number of rotatable bonds is 3. The third-order valence-corrected chi connectivity index (χ3v) is 3.84. The smallest absolute Gasteiger partial charge is 0.271 e. The summed E-state index contributed by atoms with van der Waals surface area (Å²) in [5, 5.41) is 10.7. The van der Waals surface area contributed by atoms with Crippen LogP contribution in [0.15, 0.2) is 18.2 Å². The third kappa shape index (κ3) is 3.40. The quantitative estimate of drug-likeness (QED) is 0.518. The molecule has 0 aromatic heterocycles. The number of anilines is 1. The van der Waals surface area contributed by atoms with Gasteiger partial charge in [-0.15, -0.1) is 0 Å². The number of ether oxygens (including phenoxy) is 1. The van der Waals surface area contributed by atoms with Crippen LogP contribution in [-0.2, 0) is 0 Å². The van der Waals surface area contributed by atoms with Gasteiger partial charge in [0.05, 0.1) is 16.7 Å². The molecule has 2 rings (SSSR count). The SMILES string of the molecule is CC1CC(Oc2ccc([N+](=O)[O-])cc2N)CC(C)(C)C1. The van der Waals surface area contributed by atoms with Crippen LogP contribution in [0.25, 0.3) is 0 Å². The standard InChI is InChI=1S/C15H22N2O3/c1-10-6-12(9-15(2,3)8-10)20-14-5-4-11(17(18)19)7-13(14)16/h4-5,7,10,12H,6,8-9,16H2,1-3H3. The summed E-state index contributed by atoms with van der Waals surface area (Å²) in [7, 11) is 0. The van der Waals surface area contributed by atoms with Crippen molar-refractivity contribution in [2.75, 3.05) is 5.73 Å². The zero-order chi connectivity index (χ0) is 14.9. The lowest BCUT2D eigenvalue weighted by molar-refractivity contribution is -0.384. The monoisotopic (exact) mass is 278 g/mol. The van der Waals surface area contributed by atoms with E-state index in [9.17, 15) is 10.1 Å². The molecule has 5 nitrogen and oxygen atoms in total. The first-order valence-electron chi connectivity index (χ1n) is 6.97. The molecule has 0 radical (unpaired) electrons. The van der Waals surface area contributed by atoms with Crippen molar-refractivity contribution in [2.24, 2.45) is 11.3 Å². The van der Waals surface area contributed by atoms with Gasteiger partial charge in [0.25, 0.3) is 5.69 Å². The van der Waals surface area contributed by atoms with Crippen LogP contribution in [0.1, 0.15) is 40.0 Å². The van der Waals surface area contributed by atoms with Gasteiger partial charge in [-0.05, 0) is 36.7 Å². The molecule has 0 spiro atoms. The molecule has 2 N–H and O–H groups in total.